The second kappa shape index (κ2) is 6.98. The van der Waals surface area contributed by atoms with E-state index < -0.39 is 0 Å². The summed E-state index contributed by atoms with van der Waals surface area (Å²) in [5.74, 6) is 1.27. The lowest BCUT2D eigenvalue weighted by atomic mass is 10.0. The number of nitrogens with one attached hydrogen (secondary N) is 1. The second-order valence-electron chi connectivity index (χ2n) is 5.21. The van der Waals surface area contributed by atoms with E-state index in [0.29, 0.717) is 11.5 Å². The van der Waals surface area contributed by atoms with Crippen molar-refractivity contribution in [1.82, 2.24) is 5.32 Å². The molecule has 0 bridgehead atoms. The zero-order valence-electron chi connectivity index (χ0n) is 12.8. The molecule has 0 fully saturated rings. The molecule has 0 radical (unpaired) electrons. The predicted octanol–water partition coefficient (Wildman–Crippen LogP) is 3.02. The molecule has 0 saturated heterocycles. The van der Waals surface area contributed by atoms with Crippen molar-refractivity contribution in [3.8, 4) is 11.5 Å². The van der Waals surface area contributed by atoms with Crippen LogP contribution >= 0.6 is 0 Å². The zero-order valence-corrected chi connectivity index (χ0v) is 12.8. The summed E-state index contributed by atoms with van der Waals surface area (Å²) in [6.45, 7) is 6.03. The molecule has 0 aromatic heterocycles. The van der Waals surface area contributed by atoms with Crippen molar-refractivity contribution in [1.29, 1.82) is 0 Å². The van der Waals surface area contributed by atoms with Crippen LogP contribution in [0.5, 0.6) is 11.5 Å². The van der Waals surface area contributed by atoms with Crippen LogP contribution in [0.2, 0.25) is 0 Å². The minimum Gasteiger partial charge on any atom is -0.497 e. The number of rotatable bonds is 6. The maximum Gasteiger partial charge on any atom is 0.244 e. The first-order valence-corrected chi connectivity index (χ1v) is 6.63. The van der Waals surface area contributed by atoms with Gasteiger partial charge in [0.15, 0.2) is 0 Å². The third-order valence-corrected chi connectivity index (χ3v) is 3.15. The molecular weight excluding hydrogens is 254 g/mol. The van der Waals surface area contributed by atoms with Gasteiger partial charge in [0, 0.05) is 17.7 Å². The molecule has 1 aromatic carbocycles. The Morgan fingerprint density at radius 2 is 1.75 bits per heavy atom. The maximum absolute atomic E-state index is 11.8. The Kier molecular flexibility index (Phi) is 5.62. The normalized spacial score (nSPS) is 11.4. The summed E-state index contributed by atoms with van der Waals surface area (Å²) in [7, 11) is 3.19. The first kappa shape index (κ1) is 16.1. The minimum atomic E-state index is -0.201. The monoisotopic (exact) mass is 277 g/mol. The van der Waals surface area contributed by atoms with Crippen molar-refractivity contribution in [2.24, 2.45) is 0 Å². The molecule has 4 heteroatoms. The van der Waals surface area contributed by atoms with Gasteiger partial charge >= 0.3 is 0 Å². The van der Waals surface area contributed by atoms with Gasteiger partial charge in [0.25, 0.3) is 0 Å². The highest BCUT2D eigenvalue weighted by atomic mass is 16.5. The van der Waals surface area contributed by atoms with E-state index >= 15 is 0 Å². The number of benzene rings is 1. The van der Waals surface area contributed by atoms with Gasteiger partial charge in [-0.1, -0.05) is 6.92 Å². The fraction of sp³-hybridized carbons (Fsp3) is 0.438. The number of hydrogen-bond acceptors (Lipinski definition) is 3. The van der Waals surface area contributed by atoms with Gasteiger partial charge < -0.3 is 14.8 Å². The van der Waals surface area contributed by atoms with Crippen molar-refractivity contribution in [3.63, 3.8) is 0 Å². The molecular formula is C16H23NO3. The fourth-order valence-electron chi connectivity index (χ4n) is 1.56. The van der Waals surface area contributed by atoms with E-state index in [2.05, 4.69) is 5.32 Å². The van der Waals surface area contributed by atoms with Gasteiger partial charge in [-0.25, -0.2) is 0 Å². The molecule has 110 valence electrons. The van der Waals surface area contributed by atoms with Crippen LogP contribution in [0.25, 0.3) is 6.08 Å². The quantitative estimate of drug-likeness (QED) is 0.813. The second-order valence-corrected chi connectivity index (χ2v) is 5.21. The Morgan fingerprint density at radius 3 is 2.20 bits per heavy atom. The average molecular weight is 277 g/mol. The lowest BCUT2D eigenvalue weighted by Gasteiger charge is -2.23. The number of carbonyl (C=O) groups is 1. The summed E-state index contributed by atoms with van der Waals surface area (Å²) < 4.78 is 10.4. The van der Waals surface area contributed by atoms with E-state index in [0.717, 1.165) is 12.0 Å². The lowest BCUT2D eigenvalue weighted by molar-refractivity contribution is -0.117. The first-order valence-electron chi connectivity index (χ1n) is 6.63. The van der Waals surface area contributed by atoms with Crippen LogP contribution in [0.4, 0.5) is 0 Å². The summed E-state index contributed by atoms with van der Waals surface area (Å²) in [6, 6.07) is 5.48. The van der Waals surface area contributed by atoms with Crippen molar-refractivity contribution < 1.29 is 14.3 Å². The molecule has 0 spiro atoms. The Labute approximate surface area is 120 Å². The van der Waals surface area contributed by atoms with Gasteiger partial charge in [-0.05, 0) is 44.0 Å². The van der Waals surface area contributed by atoms with Crippen molar-refractivity contribution in [2.45, 2.75) is 32.7 Å². The lowest BCUT2D eigenvalue weighted by Crippen LogP contribution is -2.41. The molecule has 4 nitrogen and oxygen atoms in total. The van der Waals surface area contributed by atoms with Gasteiger partial charge in [-0.15, -0.1) is 0 Å². The average Bonchev–Trinajstić information content (AvgIpc) is 2.44. The van der Waals surface area contributed by atoms with Crippen LogP contribution in [-0.2, 0) is 4.79 Å². The minimum absolute atomic E-state index is 0.112. The van der Waals surface area contributed by atoms with Crippen LogP contribution in [0.3, 0.4) is 0 Å². The molecule has 1 amide bonds. The molecule has 0 atom stereocenters. The van der Waals surface area contributed by atoms with E-state index in [1.807, 2.05) is 32.9 Å². The number of ether oxygens (including phenoxy) is 2. The summed E-state index contributed by atoms with van der Waals surface area (Å²) in [5, 5.41) is 2.95. The highest BCUT2D eigenvalue weighted by molar-refractivity contribution is 5.92. The molecule has 0 aliphatic heterocycles. The molecule has 1 aromatic rings. The molecule has 0 unspecified atom stereocenters. The highest BCUT2D eigenvalue weighted by Crippen LogP contribution is 2.23. The van der Waals surface area contributed by atoms with Crippen LogP contribution in [-0.4, -0.2) is 25.7 Å². The van der Waals surface area contributed by atoms with Crippen LogP contribution < -0.4 is 14.8 Å². The SMILES string of the molecule is CCC(C)(C)NC(=O)/C=C/c1cc(OC)cc(OC)c1. The molecule has 1 N–H and O–H groups in total. The predicted molar refractivity (Wildman–Crippen MR) is 81.1 cm³/mol. The Morgan fingerprint density at radius 1 is 1.20 bits per heavy atom. The smallest absolute Gasteiger partial charge is 0.244 e. The summed E-state index contributed by atoms with van der Waals surface area (Å²) >= 11 is 0. The van der Waals surface area contributed by atoms with Crippen molar-refractivity contribution >= 4 is 12.0 Å². The Hall–Kier alpha value is -1.97. The number of amides is 1. The van der Waals surface area contributed by atoms with E-state index in [1.54, 1.807) is 26.4 Å². The fourth-order valence-corrected chi connectivity index (χ4v) is 1.56. The van der Waals surface area contributed by atoms with E-state index in [-0.39, 0.29) is 11.4 Å². The van der Waals surface area contributed by atoms with E-state index in [4.69, 9.17) is 9.47 Å². The summed E-state index contributed by atoms with van der Waals surface area (Å²) in [5.41, 5.74) is 0.652. The van der Waals surface area contributed by atoms with Gasteiger partial charge in [0.05, 0.1) is 14.2 Å². The third-order valence-electron chi connectivity index (χ3n) is 3.15. The molecule has 0 aliphatic carbocycles. The van der Waals surface area contributed by atoms with Gasteiger partial charge in [-0.3, -0.25) is 4.79 Å². The maximum atomic E-state index is 11.8. The molecule has 0 heterocycles. The van der Waals surface area contributed by atoms with Crippen molar-refractivity contribution in [2.75, 3.05) is 14.2 Å². The third kappa shape index (κ3) is 4.96. The standard InChI is InChI=1S/C16H23NO3/c1-6-16(2,3)17-15(18)8-7-12-9-13(19-4)11-14(10-12)20-5/h7-11H,6H2,1-5H3,(H,17,18)/b8-7+. The number of carbonyl (C=O) groups excluding carboxylic acids is 1. The van der Waals surface area contributed by atoms with E-state index in [9.17, 15) is 4.79 Å². The zero-order chi connectivity index (χ0) is 15.2. The Bertz CT molecular complexity index is 470. The topological polar surface area (TPSA) is 47.6 Å². The van der Waals surface area contributed by atoms with E-state index in [1.165, 1.54) is 6.08 Å². The molecule has 20 heavy (non-hydrogen) atoms. The molecule has 1 rings (SSSR count). The van der Waals surface area contributed by atoms with Crippen LogP contribution in [0.1, 0.15) is 32.8 Å². The Balaban J connectivity index is 2.82. The van der Waals surface area contributed by atoms with Gasteiger partial charge in [0.1, 0.15) is 11.5 Å². The van der Waals surface area contributed by atoms with Gasteiger partial charge in [0.2, 0.25) is 5.91 Å². The summed E-state index contributed by atoms with van der Waals surface area (Å²) in [4.78, 5) is 11.8. The molecule has 0 aliphatic rings. The summed E-state index contributed by atoms with van der Waals surface area (Å²) in [6.07, 6.45) is 4.14. The van der Waals surface area contributed by atoms with Crippen LogP contribution in [0.15, 0.2) is 24.3 Å². The van der Waals surface area contributed by atoms with Crippen molar-refractivity contribution in [3.05, 3.63) is 29.8 Å². The largest absolute Gasteiger partial charge is 0.497 e. The molecule has 0 saturated carbocycles. The van der Waals surface area contributed by atoms with Crippen LogP contribution in [0, 0.1) is 0 Å². The van der Waals surface area contributed by atoms with Gasteiger partial charge in [-0.2, -0.15) is 0 Å². The number of methoxy groups -OCH3 is 2. The highest BCUT2D eigenvalue weighted by Gasteiger charge is 2.15. The number of hydrogen-bond donors (Lipinski definition) is 1. The first-order chi connectivity index (χ1) is 9.40.